The second-order valence-corrected chi connectivity index (χ2v) is 5.54. The molecule has 5 nitrogen and oxygen atoms in total. The lowest BCUT2D eigenvalue weighted by molar-refractivity contribution is -0.131. The first-order valence-corrected chi connectivity index (χ1v) is 7.91. The lowest BCUT2D eigenvalue weighted by Gasteiger charge is -2.13. The molecule has 5 heteroatoms. The van der Waals surface area contributed by atoms with Crippen LogP contribution in [0.25, 0.3) is 6.08 Å². The largest absolute Gasteiger partial charge is 0.497 e. The van der Waals surface area contributed by atoms with Crippen molar-refractivity contribution in [2.24, 2.45) is 0 Å². The highest BCUT2D eigenvalue weighted by atomic mass is 16.5. The summed E-state index contributed by atoms with van der Waals surface area (Å²) in [4.78, 5) is 10.7. The molecule has 0 saturated heterocycles. The van der Waals surface area contributed by atoms with Gasteiger partial charge >= 0.3 is 5.97 Å². The lowest BCUT2D eigenvalue weighted by atomic mass is 10.1. The minimum absolute atomic E-state index is 0.328. The van der Waals surface area contributed by atoms with Crippen LogP contribution in [0.2, 0.25) is 0 Å². The number of hydrogen-bond donors (Lipinski definition) is 1. The van der Waals surface area contributed by atoms with Crippen molar-refractivity contribution in [3.05, 3.63) is 59.2 Å². The number of benzene rings is 2. The summed E-state index contributed by atoms with van der Waals surface area (Å²) in [7, 11) is 1.56. The van der Waals surface area contributed by atoms with E-state index in [1.807, 2.05) is 32.0 Å². The Morgan fingerprint density at radius 3 is 2.44 bits per heavy atom. The molecule has 0 fully saturated rings. The molecular formula is C20H22O5. The third-order valence-electron chi connectivity index (χ3n) is 3.57. The summed E-state index contributed by atoms with van der Waals surface area (Å²) in [5.74, 6) is 1.000. The van der Waals surface area contributed by atoms with Gasteiger partial charge in [0.2, 0.25) is 0 Å². The second-order valence-electron chi connectivity index (χ2n) is 5.54. The van der Waals surface area contributed by atoms with Crippen molar-refractivity contribution in [3.8, 4) is 17.2 Å². The SMILES string of the molecule is COc1ccc(C=CC(=O)O)c(OCCOc2cc(C)ccc2C)c1. The molecule has 0 unspecified atom stereocenters. The predicted molar refractivity (Wildman–Crippen MR) is 96.6 cm³/mol. The average molecular weight is 342 g/mol. The van der Waals surface area contributed by atoms with E-state index in [-0.39, 0.29) is 0 Å². The Morgan fingerprint density at radius 1 is 1.04 bits per heavy atom. The molecule has 0 atom stereocenters. The Balaban J connectivity index is 2.01. The number of carbonyl (C=O) groups is 1. The van der Waals surface area contributed by atoms with Crippen molar-refractivity contribution in [3.63, 3.8) is 0 Å². The summed E-state index contributed by atoms with van der Waals surface area (Å²) in [5, 5.41) is 8.78. The number of aliphatic carboxylic acids is 1. The van der Waals surface area contributed by atoms with Crippen LogP contribution < -0.4 is 14.2 Å². The standard InChI is InChI=1S/C20H22O5/c1-14-4-5-15(2)18(12-14)24-10-11-25-19-13-17(23-3)8-6-16(19)7-9-20(21)22/h4-9,12-13H,10-11H2,1-3H3,(H,21,22). The number of hydrogen-bond acceptors (Lipinski definition) is 4. The van der Waals surface area contributed by atoms with Gasteiger partial charge in [-0.2, -0.15) is 0 Å². The van der Waals surface area contributed by atoms with Gasteiger partial charge in [0.25, 0.3) is 0 Å². The van der Waals surface area contributed by atoms with Gasteiger partial charge in [-0.25, -0.2) is 4.79 Å². The maximum absolute atomic E-state index is 10.7. The summed E-state index contributed by atoms with van der Waals surface area (Å²) >= 11 is 0. The van der Waals surface area contributed by atoms with Crippen LogP contribution in [0.5, 0.6) is 17.2 Å². The van der Waals surface area contributed by atoms with Crippen LogP contribution in [0.1, 0.15) is 16.7 Å². The summed E-state index contributed by atoms with van der Waals surface area (Å²) in [6.45, 7) is 4.71. The van der Waals surface area contributed by atoms with Crippen molar-refractivity contribution in [2.75, 3.05) is 20.3 Å². The smallest absolute Gasteiger partial charge is 0.328 e. The zero-order valence-electron chi connectivity index (χ0n) is 14.6. The van der Waals surface area contributed by atoms with Crippen molar-refractivity contribution in [2.45, 2.75) is 13.8 Å². The van der Waals surface area contributed by atoms with Crippen molar-refractivity contribution >= 4 is 12.0 Å². The molecule has 0 aliphatic rings. The summed E-state index contributed by atoms with van der Waals surface area (Å²) in [5.41, 5.74) is 2.86. The number of carboxylic acid groups (broad SMARTS) is 1. The maximum atomic E-state index is 10.7. The quantitative estimate of drug-likeness (QED) is 0.583. The molecule has 2 rings (SSSR count). The number of methoxy groups -OCH3 is 1. The number of aryl methyl sites for hydroxylation is 2. The van der Waals surface area contributed by atoms with Crippen LogP contribution in [-0.4, -0.2) is 31.4 Å². The molecule has 0 aliphatic heterocycles. The molecule has 0 bridgehead atoms. The van der Waals surface area contributed by atoms with Gasteiger partial charge in [-0.1, -0.05) is 12.1 Å². The first kappa shape index (κ1) is 18.4. The molecule has 132 valence electrons. The normalized spacial score (nSPS) is 10.7. The minimum Gasteiger partial charge on any atom is -0.497 e. The van der Waals surface area contributed by atoms with Gasteiger partial charge in [0.1, 0.15) is 30.5 Å². The molecule has 0 heterocycles. The van der Waals surface area contributed by atoms with Crippen LogP contribution in [0.3, 0.4) is 0 Å². The van der Waals surface area contributed by atoms with Gasteiger partial charge in [0.05, 0.1) is 7.11 Å². The highest BCUT2D eigenvalue weighted by Gasteiger charge is 2.05. The Kier molecular flexibility index (Phi) is 6.46. The molecule has 0 aromatic heterocycles. The van der Waals surface area contributed by atoms with Gasteiger partial charge in [-0.15, -0.1) is 0 Å². The molecule has 0 amide bonds. The van der Waals surface area contributed by atoms with Gasteiger partial charge in [-0.3, -0.25) is 0 Å². The van der Waals surface area contributed by atoms with E-state index < -0.39 is 5.97 Å². The summed E-state index contributed by atoms with van der Waals surface area (Å²) in [6, 6.07) is 11.3. The first-order chi connectivity index (χ1) is 12.0. The Bertz CT molecular complexity index is 765. The molecule has 0 spiro atoms. The highest BCUT2D eigenvalue weighted by molar-refractivity contribution is 5.86. The predicted octanol–water partition coefficient (Wildman–Crippen LogP) is 3.87. The number of carboxylic acids is 1. The van der Waals surface area contributed by atoms with Gasteiger partial charge in [0, 0.05) is 17.7 Å². The zero-order valence-corrected chi connectivity index (χ0v) is 14.6. The third-order valence-corrected chi connectivity index (χ3v) is 3.57. The summed E-state index contributed by atoms with van der Waals surface area (Å²) < 4.78 is 16.7. The fourth-order valence-corrected chi connectivity index (χ4v) is 2.23. The number of ether oxygens (including phenoxy) is 3. The van der Waals surface area contributed by atoms with Crippen molar-refractivity contribution in [1.29, 1.82) is 0 Å². The van der Waals surface area contributed by atoms with E-state index in [1.54, 1.807) is 25.3 Å². The first-order valence-electron chi connectivity index (χ1n) is 7.91. The van der Waals surface area contributed by atoms with Crippen LogP contribution in [0, 0.1) is 13.8 Å². The molecule has 1 N–H and O–H groups in total. The Morgan fingerprint density at radius 2 is 1.76 bits per heavy atom. The van der Waals surface area contributed by atoms with Gasteiger partial charge < -0.3 is 19.3 Å². The Hall–Kier alpha value is -2.95. The van der Waals surface area contributed by atoms with Crippen molar-refractivity contribution in [1.82, 2.24) is 0 Å². The van der Waals surface area contributed by atoms with E-state index in [0.29, 0.717) is 30.3 Å². The molecule has 0 radical (unpaired) electrons. The maximum Gasteiger partial charge on any atom is 0.328 e. The minimum atomic E-state index is -1.01. The van der Waals surface area contributed by atoms with E-state index in [4.69, 9.17) is 19.3 Å². The molecule has 25 heavy (non-hydrogen) atoms. The van der Waals surface area contributed by atoms with Crippen LogP contribution >= 0.6 is 0 Å². The van der Waals surface area contributed by atoms with E-state index in [2.05, 4.69) is 0 Å². The Labute approximate surface area is 147 Å². The second kappa shape index (κ2) is 8.78. The van der Waals surface area contributed by atoms with E-state index in [1.165, 1.54) is 6.08 Å². The average Bonchev–Trinajstić information content (AvgIpc) is 2.60. The van der Waals surface area contributed by atoms with Gasteiger partial charge in [0.15, 0.2) is 0 Å². The molecule has 0 saturated carbocycles. The monoisotopic (exact) mass is 342 g/mol. The van der Waals surface area contributed by atoms with Crippen LogP contribution in [0.15, 0.2) is 42.5 Å². The number of rotatable bonds is 8. The lowest BCUT2D eigenvalue weighted by Crippen LogP contribution is -2.10. The highest BCUT2D eigenvalue weighted by Crippen LogP contribution is 2.26. The fraction of sp³-hybridized carbons (Fsp3) is 0.250. The van der Waals surface area contributed by atoms with Crippen LogP contribution in [0.4, 0.5) is 0 Å². The molecular weight excluding hydrogens is 320 g/mol. The molecule has 0 aliphatic carbocycles. The topological polar surface area (TPSA) is 65.0 Å². The van der Waals surface area contributed by atoms with Crippen molar-refractivity contribution < 1.29 is 24.1 Å². The summed E-state index contributed by atoms with van der Waals surface area (Å²) in [6.07, 6.45) is 2.56. The van der Waals surface area contributed by atoms with Crippen LogP contribution in [-0.2, 0) is 4.79 Å². The zero-order chi connectivity index (χ0) is 18.2. The van der Waals surface area contributed by atoms with Gasteiger partial charge in [-0.05, 0) is 49.2 Å². The third kappa shape index (κ3) is 5.57. The molecule has 2 aromatic carbocycles. The van der Waals surface area contributed by atoms with E-state index >= 15 is 0 Å². The fourth-order valence-electron chi connectivity index (χ4n) is 2.23. The molecule has 2 aromatic rings. The van der Waals surface area contributed by atoms with E-state index in [0.717, 1.165) is 23.0 Å². The van der Waals surface area contributed by atoms with E-state index in [9.17, 15) is 4.79 Å².